The van der Waals surface area contributed by atoms with Crippen LogP contribution in [0, 0.1) is 5.92 Å². The topological polar surface area (TPSA) is 286 Å². The number of nitrogens with two attached hydrogens (primary N) is 3. The molecule has 0 radical (unpaired) electrons. The highest BCUT2D eigenvalue weighted by molar-refractivity contribution is 5.96. The summed E-state index contributed by atoms with van der Waals surface area (Å²) in [6.07, 6.45) is 3.19. The summed E-state index contributed by atoms with van der Waals surface area (Å²) in [6.45, 7) is 3.82. The highest BCUT2D eigenvalue weighted by atomic mass is 16.4. The van der Waals surface area contributed by atoms with E-state index in [0.29, 0.717) is 18.5 Å². The van der Waals surface area contributed by atoms with Gasteiger partial charge in [0.25, 0.3) is 0 Å². The number of nitrogens with zero attached hydrogens (tertiary/aromatic N) is 2. The first kappa shape index (κ1) is 35.7. The zero-order chi connectivity index (χ0) is 33.0. The molecule has 2 rings (SSSR count). The van der Waals surface area contributed by atoms with Crippen molar-refractivity contribution in [3.05, 3.63) is 18.2 Å². The summed E-state index contributed by atoms with van der Waals surface area (Å²) in [5.74, 6) is -5.73. The molecule has 17 heteroatoms. The van der Waals surface area contributed by atoms with Crippen LogP contribution in [0.1, 0.15) is 64.5 Å². The number of aromatic nitrogens is 2. The zero-order valence-electron chi connectivity index (χ0n) is 24.9. The van der Waals surface area contributed by atoms with Crippen molar-refractivity contribution in [2.24, 2.45) is 23.1 Å². The van der Waals surface area contributed by atoms with Crippen molar-refractivity contribution in [1.82, 2.24) is 30.8 Å². The molecule has 6 amide bonds. The maximum absolute atomic E-state index is 13.6. The van der Waals surface area contributed by atoms with E-state index < -0.39 is 71.6 Å². The third-order valence-electron chi connectivity index (χ3n) is 7.59. The molecule has 11 N–H and O–H groups in total. The predicted octanol–water partition coefficient (Wildman–Crippen LogP) is -2.61. The fourth-order valence-electron chi connectivity index (χ4n) is 4.73. The molecule has 44 heavy (non-hydrogen) atoms. The number of hydrogen-bond donors (Lipinski definition) is 8. The number of carboxylic acid groups (broad SMARTS) is 1. The molecule has 2 heterocycles. The van der Waals surface area contributed by atoms with Gasteiger partial charge >= 0.3 is 5.97 Å². The SMILES string of the molecule is CC[C@H](C)[C@H](N)C(=O)N[C@@H](CCC(N)=O)C(=O)N1CCC[C@H]1C(=O)N[C@@H](Cc1c[nH]cn1)C(=O)N[C@@H](CCC(N)=O)C(=O)O. The molecule has 1 aliphatic heterocycles. The molecule has 244 valence electrons. The van der Waals surface area contributed by atoms with Crippen molar-refractivity contribution in [3.8, 4) is 0 Å². The molecule has 17 nitrogen and oxygen atoms in total. The van der Waals surface area contributed by atoms with E-state index in [1.807, 2.05) is 6.92 Å². The average Bonchev–Trinajstić information content (AvgIpc) is 3.67. The molecule has 0 aliphatic carbocycles. The first-order chi connectivity index (χ1) is 20.7. The van der Waals surface area contributed by atoms with E-state index in [1.54, 1.807) is 6.92 Å². The summed E-state index contributed by atoms with van der Waals surface area (Å²) in [5, 5.41) is 17.0. The summed E-state index contributed by atoms with van der Waals surface area (Å²) in [7, 11) is 0. The second-order valence-electron chi connectivity index (χ2n) is 10.9. The molecule has 1 aromatic rings. The normalized spacial score (nSPS) is 17.9. The van der Waals surface area contributed by atoms with Crippen LogP contribution in [0.3, 0.4) is 0 Å². The number of hydrogen-bond acceptors (Lipinski definition) is 9. The fraction of sp³-hybridized carbons (Fsp3) is 0.630. The van der Waals surface area contributed by atoms with Gasteiger partial charge in [-0.1, -0.05) is 20.3 Å². The molecule has 6 atom stereocenters. The lowest BCUT2D eigenvalue weighted by molar-refractivity contribution is -0.144. The second-order valence-corrected chi connectivity index (χ2v) is 10.9. The Kier molecular flexibility index (Phi) is 13.7. The summed E-state index contributed by atoms with van der Waals surface area (Å²) in [6, 6.07) is -5.85. The molecular formula is C27H43N9O8. The molecule has 1 saturated heterocycles. The molecule has 0 bridgehead atoms. The second kappa shape index (κ2) is 16.9. The maximum Gasteiger partial charge on any atom is 0.326 e. The number of amides is 6. The standard InChI is InChI=1S/C27H43N9O8/c1-3-14(2)22(30)25(41)33-16(6-8-20(28)37)26(42)36-10-4-5-19(36)24(40)35-18(11-15-12-31-13-32-15)23(39)34-17(27(43)44)7-9-21(29)38/h12-14,16-19,22H,3-11,30H2,1-2H3,(H2,28,37)(H2,29,38)(H,31,32)(H,33,41)(H,34,39)(H,35,40)(H,43,44)/t14-,16-,17-,18-,19-,22-/m0/s1. The number of rotatable bonds is 18. The third-order valence-corrected chi connectivity index (χ3v) is 7.59. The van der Waals surface area contributed by atoms with Crippen molar-refractivity contribution in [3.63, 3.8) is 0 Å². The molecule has 1 fully saturated rings. The number of nitrogens with one attached hydrogen (secondary N) is 4. The van der Waals surface area contributed by atoms with Gasteiger partial charge in [-0.25, -0.2) is 9.78 Å². The van der Waals surface area contributed by atoms with Crippen LogP contribution >= 0.6 is 0 Å². The molecule has 1 aliphatic rings. The lowest BCUT2D eigenvalue weighted by atomic mass is 9.98. The minimum Gasteiger partial charge on any atom is -0.480 e. The van der Waals surface area contributed by atoms with Gasteiger partial charge in [0.2, 0.25) is 35.4 Å². The number of carbonyl (C=O) groups is 7. The Bertz CT molecular complexity index is 1190. The summed E-state index contributed by atoms with van der Waals surface area (Å²) in [4.78, 5) is 95.5. The molecule has 0 unspecified atom stereocenters. The molecule has 0 aromatic carbocycles. The van der Waals surface area contributed by atoms with Gasteiger partial charge in [-0.3, -0.25) is 28.8 Å². The third kappa shape index (κ3) is 10.6. The number of imidazole rings is 1. The highest BCUT2D eigenvalue weighted by Gasteiger charge is 2.40. The van der Waals surface area contributed by atoms with Gasteiger partial charge in [-0.05, 0) is 31.6 Å². The van der Waals surface area contributed by atoms with Gasteiger partial charge in [0.15, 0.2) is 0 Å². The van der Waals surface area contributed by atoms with Crippen molar-refractivity contribution in [2.75, 3.05) is 6.54 Å². The first-order valence-corrected chi connectivity index (χ1v) is 14.5. The Morgan fingerprint density at radius 2 is 1.61 bits per heavy atom. The Morgan fingerprint density at radius 1 is 1.00 bits per heavy atom. The van der Waals surface area contributed by atoms with E-state index in [4.69, 9.17) is 17.2 Å². The minimum absolute atomic E-state index is 0.107. The minimum atomic E-state index is -1.45. The smallest absolute Gasteiger partial charge is 0.326 e. The van der Waals surface area contributed by atoms with Gasteiger partial charge in [-0.15, -0.1) is 0 Å². The van der Waals surface area contributed by atoms with Crippen LogP contribution in [0.15, 0.2) is 12.5 Å². The van der Waals surface area contributed by atoms with Crippen molar-refractivity contribution in [2.45, 2.75) is 95.4 Å². The first-order valence-electron chi connectivity index (χ1n) is 14.5. The fourth-order valence-corrected chi connectivity index (χ4v) is 4.73. The highest BCUT2D eigenvalue weighted by Crippen LogP contribution is 2.20. The van der Waals surface area contributed by atoms with Crippen molar-refractivity contribution in [1.29, 1.82) is 0 Å². The van der Waals surface area contributed by atoms with E-state index in [1.165, 1.54) is 17.4 Å². The number of likely N-dealkylation sites (tertiary alicyclic amines) is 1. The van der Waals surface area contributed by atoms with Crippen LogP contribution in [0.2, 0.25) is 0 Å². The van der Waals surface area contributed by atoms with E-state index in [9.17, 15) is 38.7 Å². The molecular weight excluding hydrogens is 578 g/mol. The van der Waals surface area contributed by atoms with Crippen LogP contribution in [0.25, 0.3) is 0 Å². The van der Waals surface area contributed by atoms with E-state index in [0.717, 1.165) is 0 Å². The van der Waals surface area contributed by atoms with Crippen LogP contribution in [0.4, 0.5) is 0 Å². The van der Waals surface area contributed by atoms with E-state index in [-0.39, 0.29) is 51.0 Å². The average molecular weight is 622 g/mol. The predicted molar refractivity (Wildman–Crippen MR) is 155 cm³/mol. The van der Waals surface area contributed by atoms with Crippen molar-refractivity contribution < 1.29 is 38.7 Å². The zero-order valence-corrected chi connectivity index (χ0v) is 24.9. The number of primary amides is 2. The molecule has 0 saturated carbocycles. The van der Waals surface area contributed by atoms with Gasteiger partial charge in [-0.2, -0.15) is 0 Å². The summed E-state index contributed by atoms with van der Waals surface area (Å²) in [5.41, 5.74) is 16.8. The Labute approximate surface area is 254 Å². The van der Waals surface area contributed by atoms with Crippen LogP contribution in [0.5, 0.6) is 0 Å². The molecule has 0 spiro atoms. The monoisotopic (exact) mass is 621 g/mol. The Morgan fingerprint density at radius 3 is 2.16 bits per heavy atom. The summed E-state index contributed by atoms with van der Waals surface area (Å²) < 4.78 is 0. The van der Waals surface area contributed by atoms with Crippen LogP contribution < -0.4 is 33.2 Å². The molecule has 1 aromatic heterocycles. The van der Waals surface area contributed by atoms with Gasteiger partial charge < -0.3 is 48.1 Å². The lowest BCUT2D eigenvalue weighted by Gasteiger charge is -2.30. The number of carbonyl (C=O) groups excluding carboxylic acids is 6. The largest absolute Gasteiger partial charge is 0.480 e. The van der Waals surface area contributed by atoms with Crippen molar-refractivity contribution >= 4 is 41.4 Å². The maximum atomic E-state index is 13.6. The van der Waals surface area contributed by atoms with E-state index in [2.05, 4.69) is 25.9 Å². The van der Waals surface area contributed by atoms with Gasteiger partial charge in [0, 0.05) is 32.0 Å². The lowest BCUT2D eigenvalue weighted by Crippen LogP contribution is -2.58. The Hall–Kier alpha value is -4.54. The van der Waals surface area contributed by atoms with E-state index >= 15 is 0 Å². The number of aromatic amines is 1. The van der Waals surface area contributed by atoms with Gasteiger partial charge in [0.05, 0.1) is 18.1 Å². The number of aliphatic carboxylic acids is 1. The summed E-state index contributed by atoms with van der Waals surface area (Å²) >= 11 is 0. The quantitative estimate of drug-likeness (QED) is 0.0844. The number of H-pyrrole nitrogens is 1. The van der Waals surface area contributed by atoms with Crippen LogP contribution in [-0.2, 0) is 40.0 Å². The van der Waals surface area contributed by atoms with Crippen LogP contribution in [-0.4, -0.2) is 98.1 Å². The Balaban J connectivity index is 2.24. The number of carboxylic acids is 1. The van der Waals surface area contributed by atoms with Gasteiger partial charge in [0.1, 0.15) is 24.2 Å².